The highest BCUT2D eigenvalue weighted by Crippen LogP contribution is 2.41. The van der Waals surface area contributed by atoms with Crippen molar-refractivity contribution in [3.8, 4) is 0 Å². The highest BCUT2D eigenvalue weighted by molar-refractivity contribution is 5.69. The second-order valence-corrected chi connectivity index (χ2v) is 10.7. The molecule has 6 heteroatoms. The van der Waals surface area contributed by atoms with Crippen LogP contribution in [-0.2, 0) is 19.2 Å². The lowest BCUT2D eigenvalue weighted by molar-refractivity contribution is -0.327. The fourth-order valence-corrected chi connectivity index (χ4v) is 5.12. The predicted molar refractivity (Wildman–Crippen MR) is 122 cm³/mol. The van der Waals surface area contributed by atoms with E-state index >= 15 is 0 Å². The van der Waals surface area contributed by atoms with E-state index in [1.54, 1.807) is 0 Å². The zero-order valence-electron chi connectivity index (χ0n) is 20.3. The maximum absolute atomic E-state index is 12.5. The Labute approximate surface area is 189 Å². The molecule has 6 nitrogen and oxygen atoms in total. The van der Waals surface area contributed by atoms with Crippen LogP contribution in [0.1, 0.15) is 124 Å². The summed E-state index contributed by atoms with van der Waals surface area (Å²) in [6, 6.07) is 0. The second-order valence-electron chi connectivity index (χ2n) is 10.7. The molecule has 0 aromatic heterocycles. The first-order valence-electron chi connectivity index (χ1n) is 12.5. The first-order valence-corrected chi connectivity index (χ1v) is 12.5. The number of carboxylic acids is 1. The van der Waals surface area contributed by atoms with E-state index in [4.69, 9.17) is 14.7 Å². The lowest BCUT2D eigenvalue weighted by Crippen LogP contribution is -2.65. The van der Waals surface area contributed by atoms with Gasteiger partial charge in [0, 0.05) is 18.4 Å². The number of hydrogen-bond acceptors (Lipinski definition) is 5. The molecule has 2 rings (SSSR count). The van der Waals surface area contributed by atoms with E-state index in [1.165, 1.54) is 19.3 Å². The highest BCUT2D eigenvalue weighted by atomic mass is 16.7. The third-order valence-electron chi connectivity index (χ3n) is 6.98. The van der Waals surface area contributed by atoms with Gasteiger partial charge in [-0.3, -0.25) is 14.4 Å². The number of ether oxygens (including phenoxy) is 1. The van der Waals surface area contributed by atoms with E-state index in [9.17, 15) is 9.59 Å². The van der Waals surface area contributed by atoms with Gasteiger partial charge in [0.05, 0.1) is 11.6 Å². The van der Waals surface area contributed by atoms with Gasteiger partial charge in [-0.15, -0.1) is 0 Å². The molecule has 1 aliphatic carbocycles. The van der Waals surface area contributed by atoms with Gasteiger partial charge in [-0.1, -0.05) is 44.9 Å². The molecule has 1 saturated carbocycles. The number of carbonyl (C=O) groups is 2. The number of rotatable bonds is 12. The number of aliphatic carboxylic acids is 1. The third-order valence-corrected chi connectivity index (χ3v) is 6.98. The third kappa shape index (κ3) is 8.38. The topological polar surface area (TPSA) is 76.1 Å². The smallest absolute Gasteiger partial charge is 0.306 e. The van der Waals surface area contributed by atoms with E-state index in [-0.39, 0.29) is 35.7 Å². The fraction of sp³-hybridized carbons (Fsp3) is 0.920. The Morgan fingerprint density at radius 3 is 2.06 bits per heavy atom. The zero-order chi connectivity index (χ0) is 22.9. The Bertz CT molecular complexity index is 568. The lowest BCUT2D eigenvalue weighted by atomic mass is 9.79. The van der Waals surface area contributed by atoms with Gasteiger partial charge in [0.25, 0.3) is 0 Å². The Morgan fingerprint density at radius 1 is 0.871 bits per heavy atom. The molecule has 1 aliphatic heterocycles. The number of piperidine rings is 1. The molecule has 1 atom stereocenters. The second kappa shape index (κ2) is 12.2. The molecule has 0 amide bonds. The molecule has 31 heavy (non-hydrogen) atoms. The van der Waals surface area contributed by atoms with Crippen molar-refractivity contribution in [3.63, 3.8) is 0 Å². The maximum atomic E-state index is 12.5. The Hall–Kier alpha value is -1.14. The number of carbonyl (C=O) groups excluding carboxylic acids is 1. The van der Waals surface area contributed by atoms with E-state index in [2.05, 4.69) is 32.8 Å². The van der Waals surface area contributed by atoms with Crippen LogP contribution >= 0.6 is 0 Å². The van der Waals surface area contributed by atoms with Gasteiger partial charge >= 0.3 is 11.9 Å². The molecule has 2 aliphatic rings. The number of esters is 1. The molecular weight excluding hydrogens is 394 g/mol. The molecule has 0 radical (unpaired) electrons. The Balaban J connectivity index is 1.75. The van der Waals surface area contributed by atoms with Crippen LogP contribution in [0.2, 0.25) is 0 Å². The Morgan fingerprint density at radius 2 is 1.45 bits per heavy atom. The predicted octanol–water partition coefficient (Wildman–Crippen LogP) is 6.02. The van der Waals surface area contributed by atoms with Crippen LogP contribution in [0.4, 0.5) is 0 Å². The largest absolute Gasteiger partial charge is 0.481 e. The number of hydrogen-bond donors (Lipinski definition) is 1. The minimum absolute atomic E-state index is 0.0789. The average molecular weight is 440 g/mol. The minimum Gasteiger partial charge on any atom is -0.481 e. The molecule has 1 saturated heterocycles. The van der Waals surface area contributed by atoms with Crippen LogP contribution in [0.3, 0.4) is 0 Å². The van der Waals surface area contributed by atoms with Crippen LogP contribution in [-0.4, -0.2) is 45.4 Å². The SMILES string of the molecule is CC1(C)CCC(OC(=O)CCCCCCCCC(=O)O)C(C)(C)N1OC1CCCCC1. The van der Waals surface area contributed by atoms with Gasteiger partial charge in [-0.2, -0.15) is 5.06 Å². The van der Waals surface area contributed by atoms with Gasteiger partial charge in [-0.25, -0.2) is 0 Å². The van der Waals surface area contributed by atoms with Crippen LogP contribution in [0.25, 0.3) is 0 Å². The van der Waals surface area contributed by atoms with Crippen molar-refractivity contribution < 1.29 is 24.3 Å². The van der Waals surface area contributed by atoms with Crippen molar-refractivity contribution in [3.05, 3.63) is 0 Å². The number of nitrogens with zero attached hydrogens (tertiary/aromatic N) is 1. The summed E-state index contributed by atoms with van der Waals surface area (Å²) in [4.78, 5) is 29.6. The molecular formula is C25H45NO5. The number of hydroxylamine groups is 2. The summed E-state index contributed by atoms with van der Waals surface area (Å²) < 4.78 is 5.96. The first-order chi connectivity index (χ1) is 14.6. The summed E-state index contributed by atoms with van der Waals surface area (Å²) in [6.45, 7) is 8.75. The summed E-state index contributed by atoms with van der Waals surface area (Å²) in [6.07, 6.45) is 14.2. The fourth-order valence-electron chi connectivity index (χ4n) is 5.12. The van der Waals surface area contributed by atoms with Crippen molar-refractivity contribution in [1.29, 1.82) is 0 Å². The maximum Gasteiger partial charge on any atom is 0.306 e. The van der Waals surface area contributed by atoms with Crippen LogP contribution in [0.15, 0.2) is 0 Å². The van der Waals surface area contributed by atoms with E-state index in [0.29, 0.717) is 6.42 Å². The highest BCUT2D eigenvalue weighted by Gasteiger charge is 2.50. The molecule has 0 aromatic carbocycles. The molecule has 0 spiro atoms. The zero-order valence-corrected chi connectivity index (χ0v) is 20.3. The molecule has 1 N–H and O–H groups in total. The molecule has 2 fully saturated rings. The molecule has 0 bridgehead atoms. The summed E-state index contributed by atoms with van der Waals surface area (Å²) in [5, 5.41) is 10.8. The minimum atomic E-state index is -0.723. The summed E-state index contributed by atoms with van der Waals surface area (Å²) in [7, 11) is 0. The first kappa shape index (κ1) is 26.1. The van der Waals surface area contributed by atoms with Crippen molar-refractivity contribution in [1.82, 2.24) is 5.06 Å². The van der Waals surface area contributed by atoms with E-state index in [1.807, 2.05) is 0 Å². The molecule has 1 heterocycles. The quantitative estimate of drug-likeness (QED) is 0.296. The van der Waals surface area contributed by atoms with Crippen molar-refractivity contribution in [2.24, 2.45) is 0 Å². The van der Waals surface area contributed by atoms with Gasteiger partial charge in [0.2, 0.25) is 0 Å². The van der Waals surface area contributed by atoms with Gasteiger partial charge in [0.15, 0.2) is 0 Å². The molecule has 0 aromatic rings. The molecule has 180 valence electrons. The van der Waals surface area contributed by atoms with E-state index < -0.39 is 5.97 Å². The van der Waals surface area contributed by atoms with Crippen LogP contribution < -0.4 is 0 Å². The Kier molecular flexibility index (Phi) is 10.3. The van der Waals surface area contributed by atoms with Crippen LogP contribution in [0.5, 0.6) is 0 Å². The van der Waals surface area contributed by atoms with Crippen molar-refractivity contribution in [2.75, 3.05) is 0 Å². The van der Waals surface area contributed by atoms with Gasteiger partial charge in [0.1, 0.15) is 6.10 Å². The monoisotopic (exact) mass is 439 g/mol. The van der Waals surface area contributed by atoms with E-state index in [0.717, 1.165) is 64.2 Å². The van der Waals surface area contributed by atoms with Crippen molar-refractivity contribution >= 4 is 11.9 Å². The lowest BCUT2D eigenvalue weighted by Gasteiger charge is -2.55. The number of unbranched alkanes of at least 4 members (excludes halogenated alkanes) is 5. The summed E-state index contributed by atoms with van der Waals surface area (Å²) >= 11 is 0. The summed E-state index contributed by atoms with van der Waals surface area (Å²) in [5.41, 5.74) is -0.441. The normalized spacial score (nSPS) is 24.1. The van der Waals surface area contributed by atoms with Crippen LogP contribution in [0, 0.1) is 0 Å². The van der Waals surface area contributed by atoms with Gasteiger partial charge in [-0.05, 0) is 66.2 Å². The average Bonchev–Trinajstić information content (AvgIpc) is 2.70. The summed E-state index contributed by atoms with van der Waals surface area (Å²) in [5.74, 6) is -0.833. The number of carboxylic acid groups (broad SMARTS) is 1. The molecule has 1 unspecified atom stereocenters. The van der Waals surface area contributed by atoms with Gasteiger partial charge < -0.3 is 9.84 Å². The van der Waals surface area contributed by atoms with Crippen molar-refractivity contribution in [2.45, 2.75) is 147 Å². The standard InChI is InChI=1S/C25H45NO5/c1-24(2)19-18-21(25(3,4)26(24)31-20-14-10-9-11-15-20)30-23(29)17-13-8-6-5-7-12-16-22(27)28/h20-21H,5-19H2,1-4H3,(H,27,28).